The maximum Gasteiger partial charge on any atom is 0.232 e. The topological polar surface area (TPSA) is 66.5 Å². The molecule has 140 valence electrons. The highest BCUT2D eigenvalue weighted by molar-refractivity contribution is 7.92. The second-order valence-corrected chi connectivity index (χ2v) is 7.67. The van der Waals surface area contributed by atoms with Gasteiger partial charge in [0.05, 0.1) is 11.9 Å². The number of halogens is 2. The minimum atomic E-state index is -3.73. The fourth-order valence-electron chi connectivity index (χ4n) is 2.41. The van der Waals surface area contributed by atoms with Crippen molar-refractivity contribution in [1.29, 1.82) is 0 Å². The molecule has 0 aliphatic rings. The molecular formula is C18H20F2N2O3S. The molecule has 5 nitrogen and oxygen atoms in total. The Balaban J connectivity index is 1.89. The third kappa shape index (κ3) is 5.80. The summed E-state index contributed by atoms with van der Waals surface area (Å²) in [5, 5.41) is 2.67. The molecular weight excluding hydrogens is 362 g/mol. The molecule has 1 amide bonds. The van der Waals surface area contributed by atoms with Crippen molar-refractivity contribution >= 4 is 21.6 Å². The minimum absolute atomic E-state index is 0.0888. The lowest BCUT2D eigenvalue weighted by molar-refractivity contribution is -0.120. The lowest BCUT2D eigenvalue weighted by Crippen LogP contribution is -2.35. The second kappa shape index (κ2) is 8.75. The molecule has 0 spiro atoms. The minimum Gasteiger partial charge on any atom is -0.356 e. The van der Waals surface area contributed by atoms with Gasteiger partial charge in [0.15, 0.2) is 0 Å². The average Bonchev–Trinajstić information content (AvgIpc) is 2.57. The van der Waals surface area contributed by atoms with Gasteiger partial charge >= 0.3 is 0 Å². The number of sulfonamides is 1. The molecule has 0 unspecified atom stereocenters. The van der Waals surface area contributed by atoms with Crippen molar-refractivity contribution in [2.45, 2.75) is 12.8 Å². The van der Waals surface area contributed by atoms with E-state index < -0.39 is 15.8 Å². The number of hydrogen-bond donors (Lipinski definition) is 1. The summed E-state index contributed by atoms with van der Waals surface area (Å²) in [4.78, 5) is 11.9. The van der Waals surface area contributed by atoms with Crippen LogP contribution in [0.4, 0.5) is 14.5 Å². The van der Waals surface area contributed by atoms with Crippen molar-refractivity contribution in [2.24, 2.45) is 0 Å². The van der Waals surface area contributed by atoms with Gasteiger partial charge in [-0.3, -0.25) is 9.10 Å². The van der Waals surface area contributed by atoms with Gasteiger partial charge in [0.2, 0.25) is 15.9 Å². The van der Waals surface area contributed by atoms with Gasteiger partial charge in [-0.25, -0.2) is 17.2 Å². The molecule has 2 aromatic rings. The van der Waals surface area contributed by atoms with Gasteiger partial charge in [0.1, 0.15) is 11.6 Å². The number of carbonyl (C=O) groups excluding carboxylic acids is 1. The summed E-state index contributed by atoms with van der Waals surface area (Å²) < 4.78 is 51.4. The Kier molecular flexibility index (Phi) is 6.68. The van der Waals surface area contributed by atoms with Crippen LogP contribution in [0, 0.1) is 11.6 Å². The zero-order valence-electron chi connectivity index (χ0n) is 14.3. The van der Waals surface area contributed by atoms with Crippen LogP contribution in [-0.4, -0.2) is 33.7 Å². The summed E-state index contributed by atoms with van der Waals surface area (Å²) in [6, 6.07) is 11.4. The fourth-order valence-corrected chi connectivity index (χ4v) is 3.34. The van der Waals surface area contributed by atoms with E-state index in [4.69, 9.17) is 0 Å². The quantitative estimate of drug-likeness (QED) is 0.763. The fraction of sp³-hybridized carbons (Fsp3) is 0.278. The molecule has 8 heteroatoms. The van der Waals surface area contributed by atoms with E-state index in [0.29, 0.717) is 13.0 Å². The van der Waals surface area contributed by atoms with Crippen molar-refractivity contribution in [3.63, 3.8) is 0 Å². The molecule has 0 bridgehead atoms. The van der Waals surface area contributed by atoms with Gasteiger partial charge in [-0.15, -0.1) is 0 Å². The van der Waals surface area contributed by atoms with Crippen LogP contribution in [0.1, 0.15) is 12.0 Å². The largest absolute Gasteiger partial charge is 0.356 e. The Labute approximate surface area is 151 Å². The molecule has 0 heterocycles. The van der Waals surface area contributed by atoms with Gasteiger partial charge in [0.25, 0.3) is 0 Å². The third-order valence-electron chi connectivity index (χ3n) is 3.71. The molecule has 0 saturated heterocycles. The standard InChI is InChI=1S/C18H20F2N2O3S/c1-26(24,25)22(17-5-3-2-4-16(17)20)13-11-18(23)21-12-10-14-6-8-15(19)9-7-14/h2-9H,10-13H2,1H3,(H,21,23). The molecule has 0 aliphatic heterocycles. The molecule has 0 radical (unpaired) electrons. The predicted octanol–water partition coefficient (Wildman–Crippen LogP) is 2.48. The Morgan fingerprint density at radius 3 is 2.35 bits per heavy atom. The van der Waals surface area contributed by atoms with Crippen LogP contribution >= 0.6 is 0 Å². The monoisotopic (exact) mass is 382 g/mol. The highest BCUT2D eigenvalue weighted by Gasteiger charge is 2.21. The van der Waals surface area contributed by atoms with Crippen LogP contribution in [0.3, 0.4) is 0 Å². The summed E-state index contributed by atoms with van der Waals surface area (Å²) in [7, 11) is -3.73. The summed E-state index contributed by atoms with van der Waals surface area (Å²) in [6.45, 7) is 0.172. The van der Waals surface area contributed by atoms with Gasteiger partial charge in [0, 0.05) is 19.5 Å². The Hall–Kier alpha value is -2.48. The maximum absolute atomic E-state index is 13.9. The molecule has 2 rings (SSSR count). The van der Waals surface area contributed by atoms with Gasteiger partial charge in [-0.05, 0) is 36.2 Å². The van der Waals surface area contributed by atoms with Gasteiger partial charge < -0.3 is 5.32 Å². The van der Waals surface area contributed by atoms with E-state index >= 15 is 0 Å². The van der Waals surface area contributed by atoms with Crippen LogP contribution in [0.25, 0.3) is 0 Å². The summed E-state index contributed by atoms with van der Waals surface area (Å²) in [6.07, 6.45) is 1.38. The van der Waals surface area contributed by atoms with Crippen molar-refractivity contribution in [2.75, 3.05) is 23.7 Å². The number of rotatable bonds is 8. The van der Waals surface area contributed by atoms with E-state index in [1.54, 1.807) is 12.1 Å². The van der Waals surface area contributed by atoms with Crippen LogP contribution in [0.5, 0.6) is 0 Å². The van der Waals surface area contributed by atoms with Gasteiger partial charge in [-0.1, -0.05) is 24.3 Å². The lowest BCUT2D eigenvalue weighted by atomic mass is 10.1. The average molecular weight is 382 g/mol. The first-order valence-electron chi connectivity index (χ1n) is 8.01. The van der Waals surface area contributed by atoms with E-state index in [1.807, 2.05) is 0 Å². The Morgan fingerprint density at radius 2 is 1.73 bits per heavy atom. The molecule has 0 aliphatic carbocycles. The number of nitrogens with one attached hydrogen (secondary N) is 1. The molecule has 0 saturated carbocycles. The number of hydrogen-bond acceptors (Lipinski definition) is 3. The van der Waals surface area contributed by atoms with E-state index in [9.17, 15) is 22.0 Å². The number of para-hydroxylation sites is 1. The Bertz CT molecular complexity index is 855. The smallest absolute Gasteiger partial charge is 0.232 e. The number of amides is 1. The van der Waals surface area contributed by atoms with Crippen molar-refractivity contribution < 1.29 is 22.0 Å². The van der Waals surface area contributed by atoms with Crippen molar-refractivity contribution in [3.05, 3.63) is 65.7 Å². The summed E-state index contributed by atoms with van der Waals surface area (Å²) >= 11 is 0. The predicted molar refractivity (Wildman–Crippen MR) is 96.3 cm³/mol. The summed E-state index contributed by atoms with van der Waals surface area (Å²) in [5.74, 6) is -1.35. The zero-order valence-corrected chi connectivity index (χ0v) is 15.1. The van der Waals surface area contributed by atoms with E-state index in [1.165, 1.54) is 30.3 Å². The number of nitrogens with zero attached hydrogens (tertiary/aromatic N) is 1. The lowest BCUT2D eigenvalue weighted by Gasteiger charge is -2.22. The summed E-state index contributed by atoms with van der Waals surface area (Å²) in [5.41, 5.74) is 0.782. The van der Waals surface area contributed by atoms with Crippen LogP contribution < -0.4 is 9.62 Å². The maximum atomic E-state index is 13.9. The van der Waals surface area contributed by atoms with Crippen molar-refractivity contribution in [3.8, 4) is 0 Å². The number of anilines is 1. The van der Waals surface area contributed by atoms with E-state index in [-0.39, 0.29) is 30.4 Å². The van der Waals surface area contributed by atoms with E-state index in [0.717, 1.165) is 22.2 Å². The first-order chi connectivity index (χ1) is 12.3. The van der Waals surface area contributed by atoms with Crippen LogP contribution in [0.2, 0.25) is 0 Å². The molecule has 0 aromatic heterocycles. The first-order valence-corrected chi connectivity index (χ1v) is 9.85. The Morgan fingerprint density at radius 1 is 1.08 bits per heavy atom. The molecule has 1 N–H and O–H groups in total. The van der Waals surface area contributed by atoms with Crippen molar-refractivity contribution in [1.82, 2.24) is 5.32 Å². The normalized spacial score (nSPS) is 11.2. The molecule has 0 fully saturated rings. The van der Waals surface area contributed by atoms with E-state index in [2.05, 4.69) is 5.32 Å². The molecule has 26 heavy (non-hydrogen) atoms. The van der Waals surface area contributed by atoms with Crippen LogP contribution in [-0.2, 0) is 21.2 Å². The SMILES string of the molecule is CS(=O)(=O)N(CCC(=O)NCCc1ccc(F)cc1)c1ccccc1F. The number of carbonyl (C=O) groups is 1. The highest BCUT2D eigenvalue weighted by Crippen LogP contribution is 2.21. The highest BCUT2D eigenvalue weighted by atomic mass is 32.2. The van der Waals surface area contributed by atoms with Crippen LogP contribution in [0.15, 0.2) is 48.5 Å². The zero-order chi connectivity index (χ0) is 19.2. The molecule has 0 atom stereocenters. The second-order valence-electron chi connectivity index (χ2n) is 5.76. The molecule has 2 aromatic carbocycles. The van der Waals surface area contributed by atoms with Gasteiger partial charge in [-0.2, -0.15) is 0 Å². The number of benzene rings is 2. The first kappa shape index (κ1) is 19.8. The third-order valence-corrected chi connectivity index (χ3v) is 4.89.